The number of carboxylic acid groups (broad SMARTS) is 2. The van der Waals surface area contributed by atoms with Crippen molar-refractivity contribution in [2.75, 3.05) is 0 Å². The Balaban J connectivity index is -0.0000000300. The maximum atomic E-state index is 9.00. The van der Waals surface area contributed by atoms with E-state index in [-0.39, 0.29) is 30.3 Å². The smallest absolute Gasteiger partial charge is 0.300 e. The zero-order valence-corrected chi connectivity index (χ0v) is 8.70. The van der Waals surface area contributed by atoms with Gasteiger partial charge in [0.2, 0.25) is 0 Å². The first-order valence-electron chi connectivity index (χ1n) is 1.86. The number of aliphatic carboxylic acids is 2. The minimum atomic E-state index is -0.833. The summed E-state index contributed by atoms with van der Waals surface area (Å²) in [7, 11) is 0. The zero-order chi connectivity index (χ0) is 7.15. The van der Waals surface area contributed by atoms with Gasteiger partial charge in [0.15, 0.2) is 0 Å². The Morgan fingerprint density at radius 3 is 1.00 bits per heavy atom. The predicted octanol–water partition coefficient (Wildman–Crippen LogP) is 0.237. The molecule has 0 bridgehead atoms. The summed E-state index contributed by atoms with van der Waals surface area (Å²) in [6, 6.07) is 0. The van der Waals surface area contributed by atoms with E-state index in [9.17, 15) is 0 Å². The van der Waals surface area contributed by atoms with E-state index >= 15 is 0 Å². The van der Waals surface area contributed by atoms with Crippen molar-refractivity contribution in [2.24, 2.45) is 0 Å². The minimum absolute atomic E-state index is 0. The number of hydrogen-bond donors (Lipinski definition) is 2. The molecule has 0 amide bonds. The standard InChI is InChI=1S/2C2H4O2.H3P.Pd/c2*1-2(3)4;;/h2*1H3,(H,3,4);1H3;. The molecule has 0 aliphatic rings. The van der Waals surface area contributed by atoms with Crippen molar-refractivity contribution in [1.82, 2.24) is 0 Å². The van der Waals surface area contributed by atoms with Crippen LogP contribution in [0.2, 0.25) is 0 Å². The van der Waals surface area contributed by atoms with E-state index < -0.39 is 11.9 Å². The topological polar surface area (TPSA) is 74.6 Å². The molecule has 0 spiro atoms. The molecule has 0 heterocycles. The summed E-state index contributed by atoms with van der Waals surface area (Å²) < 4.78 is 0. The minimum Gasteiger partial charge on any atom is -0.481 e. The fourth-order valence-corrected chi connectivity index (χ4v) is 0. The van der Waals surface area contributed by atoms with Gasteiger partial charge in [-0.3, -0.25) is 9.59 Å². The molecule has 10 heavy (non-hydrogen) atoms. The van der Waals surface area contributed by atoms with Crippen LogP contribution in [0.1, 0.15) is 13.8 Å². The van der Waals surface area contributed by atoms with Gasteiger partial charge < -0.3 is 10.2 Å². The average molecular weight is 261 g/mol. The molecular formula is C4H11O4PPd. The van der Waals surface area contributed by atoms with Crippen LogP contribution in [0.4, 0.5) is 0 Å². The molecule has 0 saturated carbocycles. The van der Waals surface area contributed by atoms with Crippen LogP contribution in [0.25, 0.3) is 0 Å². The second-order valence-electron chi connectivity index (χ2n) is 1.04. The molecule has 1 atom stereocenters. The molecule has 2 N–H and O–H groups in total. The Morgan fingerprint density at radius 1 is 1.00 bits per heavy atom. The van der Waals surface area contributed by atoms with Gasteiger partial charge in [-0.2, -0.15) is 9.90 Å². The number of carboxylic acids is 2. The first kappa shape index (κ1) is 22.5. The molecule has 4 nitrogen and oxygen atoms in total. The van der Waals surface area contributed by atoms with Crippen LogP contribution in [0.5, 0.6) is 0 Å². The SMILES string of the molecule is CC(=O)O.CC(=O)O.P.[Pd]. The van der Waals surface area contributed by atoms with Crippen LogP contribution >= 0.6 is 9.90 Å². The first-order chi connectivity index (χ1) is 3.46. The monoisotopic (exact) mass is 260 g/mol. The molecule has 0 rings (SSSR count). The summed E-state index contributed by atoms with van der Waals surface area (Å²) in [5.41, 5.74) is 0. The van der Waals surface area contributed by atoms with Crippen LogP contribution in [-0.2, 0) is 30.0 Å². The van der Waals surface area contributed by atoms with Gasteiger partial charge in [0.05, 0.1) is 0 Å². The summed E-state index contributed by atoms with van der Waals surface area (Å²) in [5.74, 6) is -1.67. The Labute approximate surface area is 76.3 Å². The fourth-order valence-electron chi connectivity index (χ4n) is 0. The maximum Gasteiger partial charge on any atom is 0.300 e. The first-order valence-corrected chi connectivity index (χ1v) is 1.86. The molecule has 0 aliphatic heterocycles. The van der Waals surface area contributed by atoms with Gasteiger partial charge in [-0.25, -0.2) is 0 Å². The van der Waals surface area contributed by atoms with Gasteiger partial charge >= 0.3 is 0 Å². The van der Waals surface area contributed by atoms with E-state index in [1.54, 1.807) is 0 Å². The van der Waals surface area contributed by atoms with Gasteiger partial charge in [-0.1, -0.05) is 0 Å². The third-order valence-corrected chi connectivity index (χ3v) is 0. The van der Waals surface area contributed by atoms with Crippen LogP contribution in [-0.4, -0.2) is 22.2 Å². The maximum absolute atomic E-state index is 9.00. The van der Waals surface area contributed by atoms with Crippen molar-refractivity contribution in [1.29, 1.82) is 0 Å². The molecular weight excluding hydrogens is 249 g/mol. The summed E-state index contributed by atoms with van der Waals surface area (Å²) in [4.78, 5) is 18.0. The van der Waals surface area contributed by atoms with Crippen molar-refractivity contribution in [3.63, 3.8) is 0 Å². The van der Waals surface area contributed by atoms with E-state index in [1.165, 1.54) is 0 Å². The molecule has 1 unspecified atom stereocenters. The van der Waals surface area contributed by atoms with Crippen LogP contribution in [0.15, 0.2) is 0 Å². The van der Waals surface area contributed by atoms with Crippen molar-refractivity contribution < 1.29 is 40.2 Å². The van der Waals surface area contributed by atoms with E-state index in [0.29, 0.717) is 0 Å². The van der Waals surface area contributed by atoms with Gasteiger partial charge in [0, 0.05) is 34.3 Å². The van der Waals surface area contributed by atoms with Crippen LogP contribution in [0, 0.1) is 0 Å². The number of rotatable bonds is 0. The molecule has 66 valence electrons. The van der Waals surface area contributed by atoms with E-state index in [4.69, 9.17) is 19.8 Å². The fraction of sp³-hybridized carbons (Fsp3) is 0.500. The third-order valence-electron chi connectivity index (χ3n) is 0. The largest absolute Gasteiger partial charge is 0.481 e. The molecule has 0 aromatic carbocycles. The molecule has 0 aliphatic carbocycles. The van der Waals surface area contributed by atoms with Crippen LogP contribution < -0.4 is 0 Å². The van der Waals surface area contributed by atoms with Gasteiger partial charge in [-0.05, 0) is 0 Å². The molecule has 6 heteroatoms. The molecule has 0 aromatic rings. The Kier molecular flexibility index (Phi) is 36.0. The Morgan fingerprint density at radius 2 is 1.00 bits per heavy atom. The van der Waals surface area contributed by atoms with Crippen LogP contribution in [0.3, 0.4) is 0 Å². The Bertz CT molecular complexity index is 75.3. The quantitative estimate of drug-likeness (QED) is 0.483. The summed E-state index contributed by atoms with van der Waals surface area (Å²) in [6.45, 7) is 2.17. The third kappa shape index (κ3) is 380000. The second kappa shape index (κ2) is 16.0. The summed E-state index contributed by atoms with van der Waals surface area (Å²) >= 11 is 0. The summed E-state index contributed by atoms with van der Waals surface area (Å²) in [6.07, 6.45) is 0. The van der Waals surface area contributed by atoms with Gasteiger partial charge in [0.1, 0.15) is 0 Å². The normalized spacial score (nSPS) is 5.00. The molecule has 0 aromatic heterocycles. The van der Waals surface area contributed by atoms with Gasteiger partial charge in [-0.15, -0.1) is 0 Å². The average Bonchev–Trinajstić information content (AvgIpc) is 1.25. The van der Waals surface area contributed by atoms with E-state index in [2.05, 4.69) is 0 Å². The van der Waals surface area contributed by atoms with Crippen molar-refractivity contribution >= 4 is 21.8 Å². The van der Waals surface area contributed by atoms with E-state index in [0.717, 1.165) is 13.8 Å². The van der Waals surface area contributed by atoms with Crippen molar-refractivity contribution in [3.8, 4) is 0 Å². The molecule has 0 fully saturated rings. The van der Waals surface area contributed by atoms with E-state index in [1.807, 2.05) is 0 Å². The second-order valence-corrected chi connectivity index (χ2v) is 1.04. The molecule has 0 radical (unpaired) electrons. The summed E-state index contributed by atoms with van der Waals surface area (Å²) in [5, 5.41) is 14.8. The number of carbonyl (C=O) groups is 2. The van der Waals surface area contributed by atoms with Gasteiger partial charge in [0.25, 0.3) is 11.9 Å². The Hall–Kier alpha value is 0.0323. The van der Waals surface area contributed by atoms with Crippen molar-refractivity contribution in [2.45, 2.75) is 13.8 Å². The number of hydrogen-bond acceptors (Lipinski definition) is 2. The zero-order valence-electron chi connectivity index (χ0n) is 5.73. The predicted molar refractivity (Wildman–Crippen MR) is 37.7 cm³/mol. The molecule has 0 saturated heterocycles. The van der Waals surface area contributed by atoms with Crippen molar-refractivity contribution in [3.05, 3.63) is 0 Å².